The number of amides is 1. The zero-order chi connectivity index (χ0) is 14.8. The summed E-state index contributed by atoms with van der Waals surface area (Å²) < 4.78 is 3.06. The molecule has 0 N–H and O–H groups in total. The molecule has 1 saturated heterocycles. The SMILES string of the molecule is O=C(CCn1c(CCl)nc2ccc(Br)cc21)N1CCCC1. The lowest BCUT2D eigenvalue weighted by Crippen LogP contribution is -2.28. The molecule has 1 aromatic carbocycles. The summed E-state index contributed by atoms with van der Waals surface area (Å²) in [6.07, 6.45) is 2.75. The van der Waals surface area contributed by atoms with E-state index in [9.17, 15) is 4.79 Å². The van der Waals surface area contributed by atoms with Crippen LogP contribution in [-0.2, 0) is 17.2 Å². The molecular formula is C15H17BrClN3O. The predicted octanol–water partition coefficient (Wildman–Crippen LogP) is 3.55. The number of hydrogen-bond donors (Lipinski definition) is 0. The molecule has 112 valence electrons. The molecule has 2 aromatic rings. The van der Waals surface area contributed by atoms with Crippen LogP contribution in [0.25, 0.3) is 11.0 Å². The maximum Gasteiger partial charge on any atom is 0.224 e. The summed E-state index contributed by atoms with van der Waals surface area (Å²) in [5.74, 6) is 1.40. The van der Waals surface area contributed by atoms with Crippen molar-refractivity contribution in [2.75, 3.05) is 13.1 Å². The normalized spacial score (nSPS) is 15.0. The number of aromatic nitrogens is 2. The van der Waals surface area contributed by atoms with Crippen LogP contribution in [0.15, 0.2) is 22.7 Å². The Labute approximate surface area is 137 Å². The number of nitrogens with zero attached hydrogens (tertiary/aromatic N) is 3. The van der Waals surface area contributed by atoms with E-state index in [1.54, 1.807) is 0 Å². The van der Waals surface area contributed by atoms with Gasteiger partial charge >= 0.3 is 0 Å². The molecule has 4 nitrogen and oxygen atoms in total. The minimum atomic E-state index is 0.227. The number of fused-ring (bicyclic) bond motifs is 1. The van der Waals surface area contributed by atoms with Crippen molar-refractivity contribution in [3.63, 3.8) is 0 Å². The first kappa shape index (κ1) is 14.9. The van der Waals surface area contributed by atoms with Crippen molar-refractivity contribution >= 4 is 44.5 Å². The lowest BCUT2D eigenvalue weighted by molar-refractivity contribution is -0.130. The summed E-state index contributed by atoms with van der Waals surface area (Å²) in [7, 11) is 0. The van der Waals surface area contributed by atoms with Crippen molar-refractivity contribution in [1.82, 2.24) is 14.5 Å². The number of halogens is 2. The van der Waals surface area contributed by atoms with E-state index in [0.29, 0.717) is 18.8 Å². The molecule has 2 heterocycles. The summed E-state index contributed by atoms with van der Waals surface area (Å²) >= 11 is 9.48. The van der Waals surface area contributed by atoms with Crippen LogP contribution in [0.3, 0.4) is 0 Å². The smallest absolute Gasteiger partial charge is 0.224 e. The van der Waals surface area contributed by atoms with E-state index >= 15 is 0 Å². The van der Waals surface area contributed by atoms with E-state index < -0.39 is 0 Å². The van der Waals surface area contributed by atoms with Gasteiger partial charge in [-0.3, -0.25) is 4.79 Å². The van der Waals surface area contributed by atoms with Gasteiger partial charge in [0.05, 0.1) is 16.9 Å². The Balaban J connectivity index is 1.81. The molecule has 1 aromatic heterocycles. The van der Waals surface area contributed by atoms with Gasteiger partial charge in [0, 0.05) is 30.5 Å². The molecule has 6 heteroatoms. The summed E-state index contributed by atoms with van der Waals surface area (Å²) in [4.78, 5) is 18.7. The summed E-state index contributed by atoms with van der Waals surface area (Å²) in [5.41, 5.74) is 1.94. The Hall–Kier alpha value is -1.07. The number of hydrogen-bond acceptors (Lipinski definition) is 2. The van der Waals surface area contributed by atoms with Crippen LogP contribution < -0.4 is 0 Å². The topological polar surface area (TPSA) is 38.1 Å². The van der Waals surface area contributed by atoms with Gasteiger partial charge in [0.25, 0.3) is 0 Å². The summed E-state index contributed by atoms with van der Waals surface area (Å²) in [6, 6.07) is 5.96. The number of imidazole rings is 1. The highest BCUT2D eigenvalue weighted by Gasteiger charge is 2.18. The van der Waals surface area contributed by atoms with Crippen molar-refractivity contribution in [3.05, 3.63) is 28.5 Å². The number of alkyl halides is 1. The van der Waals surface area contributed by atoms with Gasteiger partial charge in [-0.15, -0.1) is 11.6 Å². The fourth-order valence-corrected chi connectivity index (χ4v) is 3.38. The first-order valence-electron chi connectivity index (χ1n) is 7.17. The zero-order valence-corrected chi connectivity index (χ0v) is 14.0. The highest BCUT2D eigenvalue weighted by Crippen LogP contribution is 2.22. The van der Waals surface area contributed by atoms with Gasteiger partial charge in [0.1, 0.15) is 5.82 Å². The molecule has 0 aliphatic carbocycles. The molecule has 0 atom stereocenters. The maximum absolute atomic E-state index is 12.2. The first-order chi connectivity index (χ1) is 10.2. The summed E-state index contributed by atoms with van der Waals surface area (Å²) in [6.45, 7) is 2.43. The van der Waals surface area contributed by atoms with Gasteiger partial charge in [-0.05, 0) is 31.0 Å². The minimum absolute atomic E-state index is 0.227. The molecule has 3 rings (SSSR count). The van der Waals surface area contributed by atoms with Crippen molar-refractivity contribution in [1.29, 1.82) is 0 Å². The third-order valence-corrected chi connectivity index (χ3v) is 4.65. The predicted molar refractivity (Wildman–Crippen MR) is 87.4 cm³/mol. The molecule has 21 heavy (non-hydrogen) atoms. The fraction of sp³-hybridized carbons (Fsp3) is 0.467. The highest BCUT2D eigenvalue weighted by atomic mass is 79.9. The Bertz CT molecular complexity index is 664. The van der Waals surface area contributed by atoms with Crippen molar-refractivity contribution in [3.8, 4) is 0 Å². The number of likely N-dealkylation sites (tertiary alicyclic amines) is 1. The number of aryl methyl sites for hydroxylation is 1. The number of carbonyl (C=O) groups is 1. The largest absolute Gasteiger partial charge is 0.343 e. The van der Waals surface area contributed by atoms with Gasteiger partial charge in [-0.2, -0.15) is 0 Å². The molecule has 0 saturated carbocycles. The van der Waals surface area contributed by atoms with Gasteiger partial charge in [-0.1, -0.05) is 15.9 Å². The fourth-order valence-electron chi connectivity index (χ4n) is 2.83. The number of carbonyl (C=O) groups excluding carboxylic acids is 1. The van der Waals surface area contributed by atoms with E-state index in [0.717, 1.165) is 47.3 Å². The molecule has 1 fully saturated rings. The molecule has 0 bridgehead atoms. The highest BCUT2D eigenvalue weighted by molar-refractivity contribution is 9.10. The van der Waals surface area contributed by atoms with Crippen LogP contribution in [0.2, 0.25) is 0 Å². The third kappa shape index (κ3) is 3.09. The monoisotopic (exact) mass is 369 g/mol. The van der Waals surface area contributed by atoms with Crippen LogP contribution in [0.4, 0.5) is 0 Å². The Kier molecular flexibility index (Phi) is 4.50. The van der Waals surface area contributed by atoms with Crippen molar-refractivity contribution in [2.24, 2.45) is 0 Å². The molecule has 0 radical (unpaired) electrons. The first-order valence-corrected chi connectivity index (χ1v) is 8.50. The van der Waals surface area contributed by atoms with Gasteiger partial charge in [0.2, 0.25) is 5.91 Å². The molecular weight excluding hydrogens is 354 g/mol. The average molecular weight is 371 g/mol. The second-order valence-corrected chi connectivity index (χ2v) is 6.47. The quantitative estimate of drug-likeness (QED) is 0.772. The second-order valence-electron chi connectivity index (χ2n) is 5.28. The van der Waals surface area contributed by atoms with Gasteiger partial charge in [-0.25, -0.2) is 4.98 Å². The van der Waals surface area contributed by atoms with E-state index in [1.165, 1.54) is 0 Å². The Morgan fingerprint density at radius 3 is 2.81 bits per heavy atom. The molecule has 1 aliphatic heterocycles. The standard InChI is InChI=1S/C15H17BrClN3O/c16-11-3-4-12-13(9-11)20(14(10-17)18-12)8-5-15(21)19-6-1-2-7-19/h3-4,9H,1-2,5-8,10H2. The maximum atomic E-state index is 12.2. The van der Waals surface area contributed by atoms with Crippen molar-refractivity contribution < 1.29 is 4.79 Å². The van der Waals surface area contributed by atoms with Crippen LogP contribution in [0.5, 0.6) is 0 Å². The van der Waals surface area contributed by atoms with Crippen LogP contribution in [0.1, 0.15) is 25.1 Å². The van der Waals surface area contributed by atoms with Gasteiger partial charge in [0.15, 0.2) is 0 Å². The molecule has 1 amide bonds. The van der Waals surface area contributed by atoms with Crippen LogP contribution >= 0.6 is 27.5 Å². The zero-order valence-electron chi connectivity index (χ0n) is 11.7. The lowest BCUT2D eigenvalue weighted by Gasteiger charge is -2.16. The summed E-state index contributed by atoms with van der Waals surface area (Å²) in [5, 5.41) is 0. The van der Waals surface area contributed by atoms with Crippen molar-refractivity contribution in [2.45, 2.75) is 31.7 Å². The third-order valence-electron chi connectivity index (χ3n) is 3.92. The average Bonchev–Trinajstić information content (AvgIpc) is 3.12. The van der Waals surface area contributed by atoms with E-state index in [2.05, 4.69) is 25.5 Å². The molecule has 1 aliphatic rings. The molecule has 0 unspecified atom stereocenters. The van der Waals surface area contributed by atoms with E-state index in [-0.39, 0.29) is 5.91 Å². The Morgan fingerprint density at radius 1 is 1.33 bits per heavy atom. The van der Waals surface area contributed by atoms with Crippen LogP contribution in [0, 0.1) is 0 Å². The minimum Gasteiger partial charge on any atom is -0.343 e. The second kappa shape index (κ2) is 6.36. The number of rotatable bonds is 4. The molecule has 0 spiro atoms. The van der Waals surface area contributed by atoms with Crippen LogP contribution in [-0.4, -0.2) is 33.4 Å². The van der Waals surface area contributed by atoms with E-state index in [4.69, 9.17) is 11.6 Å². The van der Waals surface area contributed by atoms with E-state index in [1.807, 2.05) is 23.1 Å². The lowest BCUT2D eigenvalue weighted by atomic mass is 10.3. The number of benzene rings is 1. The van der Waals surface area contributed by atoms with Gasteiger partial charge < -0.3 is 9.47 Å². The Morgan fingerprint density at radius 2 is 2.10 bits per heavy atom.